The highest BCUT2D eigenvalue weighted by Crippen LogP contribution is 2.44. The molecule has 2 aromatic rings. The van der Waals surface area contributed by atoms with Crippen molar-refractivity contribution in [3.8, 4) is 0 Å². The summed E-state index contributed by atoms with van der Waals surface area (Å²) < 4.78 is 17.5. The Bertz CT molecular complexity index is 1170. The predicted molar refractivity (Wildman–Crippen MR) is 156 cm³/mol. The molecule has 0 saturated carbocycles. The fourth-order valence-corrected chi connectivity index (χ4v) is 6.65. The summed E-state index contributed by atoms with van der Waals surface area (Å²) in [5.74, 6) is -1.05. The van der Waals surface area contributed by atoms with E-state index >= 15 is 0 Å². The van der Waals surface area contributed by atoms with Crippen LogP contribution in [0, 0.1) is 12.7 Å². The van der Waals surface area contributed by atoms with Crippen molar-refractivity contribution in [3.63, 3.8) is 0 Å². The molecule has 2 aromatic carbocycles. The van der Waals surface area contributed by atoms with Crippen LogP contribution >= 0.6 is 34.6 Å². The van der Waals surface area contributed by atoms with Crippen LogP contribution in [0.5, 0.6) is 0 Å². The number of allylic oxidation sites excluding steroid dienone is 1. The number of nitrogens with zero attached hydrogens (tertiary/aromatic N) is 1. The van der Waals surface area contributed by atoms with E-state index in [-0.39, 0.29) is 23.3 Å². The fourth-order valence-electron chi connectivity index (χ4n) is 4.82. The molecule has 0 bridgehead atoms. The molecule has 1 saturated heterocycles. The number of carbonyl (C=O) groups excluding carboxylic acids is 2. The van der Waals surface area contributed by atoms with Crippen LogP contribution in [-0.4, -0.2) is 47.3 Å². The van der Waals surface area contributed by atoms with Crippen molar-refractivity contribution in [2.45, 2.75) is 50.6 Å². The van der Waals surface area contributed by atoms with Crippen molar-refractivity contribution in [2.75, 3.05) is 25.0 Å². The Labute approximate surface area is 235 Å². The van der Waals surface area contributed by atoms with Gasteiger partial charge in [-0.25, -0.2) is 4.39 Å². The SMILES string of the molecule is Cc1cccc(F)c1C(=O)C1=C(NI)CC(N)(Nc2ccc(C(=O)NC(C)CN3CCCCC3)cc2)S1. The van der Waals surface area contributed by atoms with E-state index in [9.17, 15) is 14.0 Å². The van der Waals surface area contributed by atoms with Gasteiger partial charge in [0.05, 0.1) is 33.3 Å². The molecule has 5 N–H and O–H groups in total. The zero-order chi connectivity index (χ0) is 26.6. The molecule has 0 radical (unpaired) electrons. The second-order valence-electron chi connectivity index (χ2n) is 9.77. The van der Waals surface area contributed by atoms with E-state index in [1.165, 1.54) is 37.1 Å². The molecule has 0 spiro atoms. The molecule has 37 heavy (non-hydrogen) atoms. The van der Waals surface area contributed by atoms with Gasteiger partial charge in [0.25, 0.3) is 5.91 Å². The van der Waals surface area contributed by atoms with E-state index in [0.29, 0.717) is 28.1 Å². The number of hydrogen-bond donors (Lipinski definition) is 4. The predicted octanol–water partition coefficient (Wildman–Crippen LogP) is 4.93. The maximum atomic E-state index is 14.5. The number of halogens is 2. The Morgan fingerprint density at radius 1 is 1.16 bits per heavy atom. The average Bonchev–Trinajstić information content (AvgIpc) is 3.21. The molecule has 198 valence electrons. The summed E-state index contributed by atoms with van der Waals surface area (Å²) in [6, 6.07) is 11.8. The molecule has 0 aliphatic carbocycles. The number of aryl methyl sites for hydroxylation is 1. The monoisotopic (exact) mass is 637 g/mol. The molecule has 2 aliphatic rings. The van der Waals surface area contributed by atoms with Crippen molar-refractivity contribution >= 4 is 52.0 Å². The Balaban J connectivity index is 1.38. The van der Waals surface area contributed by atoms with Crippen molar-refractivity contribution in [2.24, 2.45) is 5.73 Å². The number of nitrogens with one attached hydrogen (secondary N) is 3. The minimum absolute atomic E-state index is 0.0586. The highest BCUT2D eigenvalue weighted by atomic mass is 127. The summed E-state index contributed by atoms with van der Waals surface area (Å²) in [5.41, 5.74) is 9.20. The summed E-state index contributed by atoms with van der Waals surface area (Å²) in [6.45, 7) is 6.79. The lowest BCUT2D eigenvalue weighted by Crippen LogP contribution is -2.43. The molecule has 1 fully saturated rings. The number of carbonyl (C=O) groups is 2. The number of thioether (sulfide) groups is 1. The fraction of sp³-hybridized carbons (Fsp3) is 0.407. The first kappa shape index (κ1) is 27.9. The molecule has 2 unspecified atom stereocenters. The summed E-state index contributed by atoms with van der Waals surface area (Å²) >= 11 is 3.14. The van der Waals surface area contributed by atoms with E-state index in [2.05, 4.69) is 19.1 Å². The first-order chi connectivity index (χ1) is 17.7. The lowest BCUT2D eigenvalue weighted by molar-refractivity contribution is 0.0925. The molecular weight excluding hydrogens is 604 g/mol. The third-order valence-electron chi connectivity index (χ3n) is 6.63. The van der Waals surface area contributed by atoms with E-state index in [1.807, 2.05) is 29.8 Å². The molecule has 2 heterocycles. The number of hydrogen-bond acceptors (Lipinski definition) is 7. The minimum atomic E-state index is -1.01. The van der Waals surface area contributed by atoms with E-state index in [0.717, 1.165) is 25.3 Å². The first-order valence-corrected chi connectivity index (χ1v) is 14.4. The second-order valence-corrected chi connectivity index (χ2v) is 11.6. The number of nitrogens with two attached hydrogens (primary N) is 1. The molecule has 2 atom stereocenters. The van der Waals surface area contributed by atoms with Gasteiger partial charge in [-0.2, -0.15) is 0 Å². The Kier molecular flexibility index (Phi) is 9.15. The molecule has 10 heteroatoms. The largest absolute Gasteiger partial charge is 0.358 e. The standard InChI is InChI=1S/C27H33FIN5O2S/c1-17-7-6-8-21(28)23(17)24(35)25-22(33-29)15-27(30,37-25)32-20-11-9-19(10-12-20)26(36)31-18(2)16-34-13-4-3-5-14-34/h6-12,18,32-33H,3-5,13-16,30H2,1-2H3,(H,31,36). The number of rotatable bonds is 9. The number of piperidine rings is 1. The lowest BCUT2D eigenvalue weighted by Gasteiger charge is -2.29. The van der Waals surface area contributed by atoms with Crippen molar-refractivity contribution in [1.82, 2.24) is 13.7 Å². The van der Waals surface area contributed by atoms with Crippen LogP contribution < -0.4 is 19.9 Å². The molecular formula is C27H33FIN5O2S. The van der Waals surface area contributed by atoms with Gasteiger partial charge in [0.2, 0.25) is 5.78 Å². The number of amides is 1. The van der Waals surface area contributed by atoms with Gasteiger partial charge in [0, 0.05) is 36.0 Å². The first-order valence-electron chi connectivity index (χ1n) is 12.5. The summed E-state index contributed by atoms with van der Waals surface area (Å²) in [4.78, 5) is 27.8. The van der Waals surface area contributed by atoms with Crippen molar-refractivity contribution in [3.05, 3.63) is 75.6 Å². The number of Topliss-reactive ketones (excluding diaryl/α,β-unsaturated/α-hetero) is 1. The van der Waals surface area contributed by atoms with Gasteiger partial charge < -0.3 is 19.1 Å². The van der Waals surface area contributed by atoms with Crippen LogP contribution in [0.1, 0.15) is 58.9 Å². The summed E-state index contributed by atoms with van der Waals surface area (Å²) in [7, 11) is 0. The zero-order valence-corrected chi connectivity index (χ0v) is 24.0. The van der Waals surface area contributed by atoms with Crippen molar-refractivity contribution in [1.29, 1.82) is 0 Å². The van der Waals surface area contributed by atoms with Crippen LogP contribution in [0.15, 0.2) is 53.1 Å². The van der Waals surface area contributed by atoms with E-state index < -0.39 is 10.8 Å². The van der Waals surface area contributed by atoms with Gasteiger partial charge in [-0.1, -0.05) is 30.3 Å². The van der Waals surface area contributed by atoms with Gasteiger partial charge in [-0.15, -0.1) is 0 Å². The molecule has 4 rings (SSSR count). The number of likely N-dealkylation sites (tertiary alicyclic amines) is 1. The second kappa shape index (κ2) is 12.1. The highest BCUT2D eigenvalue weighted by Gasteiger charge is 2.40. The minimum Gasteiger partial charge on any atom is -0.358 e. The third-order valence-corrected chi connectivity index (χ3v) is 8.53. The molecule has 1 amide bonds. The topological polar surface area (TPSA) is 99.5 Å². The normalized spacial score (nSPS) is 21.0. The average molecular weight is 638 g/mol. The van der Waals surface area contributed by atoms with Crippen LogP contribution in [0.2, 0.25) is 0 Å². The number of ketones is 1. The lowest BCUT2D eigenvalue weighted by atomic mass is 10.0. The number of benzene rings is 2. The number of anilines is 1. The summed E-state index contributed by atoms with van der Waals surface area (Å²) in [5, 5.41) is 6.37. The Morgan fingerprint density at radius 2 is 1.86 bits per heavy atom. The maximum Gasteiger partial charge on any atom is 0.251 e. The van der Waals surface area contributed by atoms with Crippen LogP contribution in [-0.2, 0) is 0 Å². The van der Waals surface area contributed by atoms with Crippen LogP contribution in [0.3, 0.4) is 0 Å². The molecule has 0 aromatic heterocycles. The van der Waals surface area contributed by atoms with E-state index in [1.54, 1.807) is 43.3 Å². The van der Waals surface area contributed by atoms with Gasteiger partial charge in [0.1, 0.15) is 10.8 Å². The van der Waals surface area contributed by atoms with Gasteiger partial charge in [-0.3, -0.25) is 15.3 Å². The Morgan fingerprint density at radius 3 is 2.51 bits per heavy atom. The third kappa shape index (κ3) is 6.84. The van der Waals surface area contributed by atoms with Crippen molar-refractivity contribution < 1.29 is 14.0 Å². The Hall–Kier alpha value is -2.15. The van der Waals surface area contributed by atoms with Crippen LogP contribution in [0.25, 0.3) is 0 Å². The highest BCUT2D eigenvalue weighted by molar-refractivity contribution is 14.1. The smallest absolute Gasteiger partial charge is 0.251 e. The molecule has 2 aliphatic heterocycles. The molecule has 7 nitrogen and oxygen atoms in total. The summed E-state index contributed by atoms with van der Waals surface area (Å²) in [6.07, 6.45) is 4.07. The van der Waals surface area contributed by atoms with Gasteiger partial charge in [-0.05, 0) is 75.7 Å². The maximum absolute atomic E-state index is 14.5. The van der Waals surface area contributed by atoms with Crippen LogP contribution in [0.4, 0.5) is 10.1 Å². The van der Waals surface area contributed by atoms with Gasteiger partial charge >= 0.3 is 0 Å². The zero-order valence-electron chi connectivity index (χ0n) is 21.1. The van der Waals surface area contributed by atoms with E-state index in [4.69, 9.17) is 5.73 Å². The van der Waals surface area contributed by atoms with Gasteiger partial charge in [0.15, 0.2) is 0 Å². The quantitative estimate of drug-likeness (QED) is 0.134.